The molecule has 31 heavy (non-hydrogen) atoms. The number of rotatable bonds is 4. The van der Waals surface area contributed by atoms with Crippen LogP contribution < -0.4 is 4.90 Å². The number of piperazine rings is 1. The van der Waals surface area contributed by atoms with Gasteiger partial charge in [-0.2, -0.15) is 4.31 Å². The first kappa shape index (κ1) is 21.6. The van der Waals surface area contributed by atoms with Gasteiger partial charge >= 0.3 is 0 Å². The maximum atomic E-state index is 13.2. The van der Waals surface area contributed by atoms with Gasteiger partial charge in [0.25, 0.3) is 5.91 Å². The van der Waals surface area contributed by atoms with Crippen molar-refractivity contribution < 1.29 is 22.4 Å². The van der Waals surface area contributed by atoms with Crippen molar-refractivity contribution in [2.45, 2.75) is 31.2 Å². The Hall–Kier alpha value is -2.62. The summed E-state index contributed by atoms with van der Waals surface area (Å²) in [5, 5.41) is 0. The molecule has 0 unspecified atom stereocenters. The molecule has 164 valence electrons. The number of sulfonamides is 1. The first-order valence-electron chi connectivity index (χ1n) is 10.1. The Kier molecular flexibility index (Phi) is 5.67. The topological polar surface area (TPSA) is 78.0 Å². The van der Waals surface area contributed by atoms with E-state index in [4.69, 9.17) is 0 Å². The highest BCUT2D eigenvalue weighted by atomic mass is 32.2. The first-order chi connectivity index (χ1) is 14.7. The lowest BCUT2D eigenvalue weighted by Gasteiger charge is -2.36. The Morgan fingerprint density at radius 2 is 1.58 bits per heavy atom. The number of anilines is 1. The Bertz CT molecular complexity index is 1130. The molecular weight excluding hydrogens is 421 g/mol. The molecule has 4 rings (SSSR count). The van der Waals surface area contributed by atoms with Crippen LogP contribution in [-0.4, -0.2) is 61.7 Å². The number of hydrogen-bond donors (Lipinski definition) is 0. The van der Waals surface area contributed by atoms with Crippen LogP contribution in [0, 0.1) is 19.7 Å². The van der Waals surface area contributed by atoms with E-state index < -0.39 is 21.9 Å². The monoisotopic (exact) mass is 445 g/mol. The van der Waals surface area contributed by atoms with E-state index in [0.29, 0.717) is 29.2 Å². The minimum absolute atomic E-state index is 0.0277. The van der Waals surface area contributed by atoms with Gasteiger partial charge in [-0.05, 0) is 55.3 Å². The lowest BCUT2D eigenvalue weighted by Crippen LogP contribution is -2.53. The van der Waals surface area contributed by atoms with Crippen molar-refractivity contribution in [2.24, 2.45) is 0 Å². The van der Waals surface area contributed by atoms with Crippen LogP contribution in [0.3, 0.4) is 0 Å². The third-order valence-corrected chi connectivity index (χ3v) is 7.92. The van der Waals surface area contributed by atoms with Crippen molar-refractivity contribution in [2.75, 3.05) is 31.1 Å². The average Bonchev–Trinajstić information content (AvgIpc) is 3.04. The maximum Gasteiger partial charge on any atom is 0.251 e. The predicted molar refractivity (Wildman–Crippen MR) is 114 cm³/mol. The molecule has 2 aliphatic heterocycles. The highest BCUT2D eigenvalue weighted by molar-refractivity contribution is 7.89. The van der Waals surface area contributed by atoms with Crippen molar-refractivity contribution in [3.05, 3.63) is 59.4 Å². The second-order valence-corrected chi connectivity index (χ2v) is 9.88. The number of aryl methyl sites for hydroxylation is 2. The number of nitrogens with zero attached hydrogens (tertiary/aromatic N) is 3. The van der Waals surface area contributed by atoms with Gasteiger partial charge in [0, 0.05) is 26.2 Å². The molecule has 1 atom stereocenters. The van der Waals surface area contributed by atoms with E-state index in [1.54, 1.807) is 19.1 Å². The molecule has 2 aliphatic rings. The van der Waals surface area contributed by atoms with Crippen LogP contribution in [0.5, 0.6) is 0 Å². The van der Waals surface area contributed by atoms with Gasteiger partial charge in [-0.25, -0.2) is 17.7 Å². The smallest absolute Gasteiger partial charge is 0.251 e. The fourth-order valence-corrected chi connectivity index (χ4v) is 5.87. The van der Waals surface area contributed by atoms with Gasteiger partial charge in [0.15, 0.2) is 0 Å². The molecule has 0 aromatic heterocycles. The van der Waals surface area contributed by atoms with Gasteiger partial charge in [-0.3, -0.25) is 14.5 Å². The molecule has 0 N–H and O–H groups in total. The Labute approximate surface area is 181 Å². The molecule has 0 aliphatic carbocycles. The average molecular weight is 446 g/mol. The Morgan fingerprint density at radius 1 is 0.935 bits per heavy atom. The Morgan fingerprint density at radius 3 is 2.23 bits per heavy atom. The zero-order valence-electron chi connectivity index (χ0n) is 17.4. The predicted octanol–water partition coefficient (Wildman–Crippen LogP) is 2.08. The van der Waals surface area contributed by atoms with Crippen LogP contribution in [0.2, 0.25) is 0 Å². The summed E-state index contributed by atoms with van der Waals surface area (Å²) in [5.74, 6) is -1.14. The fraction of sp³-hybridized carbons (Fsp3) is 0.364. The van der Waals surface area contributed by atoms with Gasteiger partial charge in [-0.1, -0.05) is 12.1 Å². The second kappa shape index (κ2) is 8.14. The lowest BCUT2D eigenvalue weighted by molar-refractivity contribution is -0.123. The number of imide groups is 1. The van der Waals surface area contributed by atoms with Crippen molar-refractivity contribution >= 4 is 27.5 Å². The number of hydrogen-bond acceptors (Lipinski definition) is 5. The van der Waals surface area contributed by atoms with Crippen molar-refractivity contribution in [3.63, 3.8) is 0 Å². The minimum Gasteiger partial charge on any atom is -0.289 e. The first-order valence-corrected chi connectivity index (χ1v) is 11.6. The summed E-state index contributed by atoms with van der Waals surface area (Å²) in [6.07, 6.45) is 0.0277. The summed E-state index contributed by atoms with van der Waals surface area (Å²) in [5.41, 5.74) is 1.91. The number of carbonyl (C=O) groups is 2. The molecule has 9 heteroatoms. The van der Waals surface area contributed by atoms with Gasteiger partial charge in [0.05, 0.1) is 23.0 Å². The number of amides is 2. The van der Waals surface area contributed by atoms with E-state index in [1.165, 1.54) is 28.6 Å². The van der Waals surface area contributed by atoms with E-state index >= 15 is 0 Å². The van der Waals surface area contributed by atoms with Crippen LogP contribution in [0.15, 0.2) is 47.4 Å². The number of carbonyl (C=O) groups excluding carboxylic acids is 2. The van der Waals surface area contributed by atoms with E-state index in [9.17, 15) is 22.4 Å². The van der Waals surface area contributed by atoms with Crippen LogP contribution in [0.1, 0.15) is 17.5 Å². The summed E-state index contributed by atoms with van der Waals surface area (Å²) >= 11 is 0. The molecule has 2 fully saturated rings. The summed E-state index contributed by atoms with van der Waals surface area (Å²) in [6.45, 7) is 4.81. The summed E-state index contributed by atoms with van der Waals surface area (Å²) in [7, 11) is -3.64. The zero-order valence-corrected chi connectivity index (χ0v) is 18.2. The molecule has 7 nitrogen and oxygen atoms in total. The third-order valence-electron chi connectivity index (χ3n) is 5.88. The lowest BCUT2D eigenvalue weighted by atomic mass is 10.2. The zero-order chi connectivity index (χ0) is 22.3. The normalized spacial score (nSPS) is 21.1. The van der Waals surface area contributed by atoms with Crippen LogP contribution in [0.4, 0.5) is 10.1 Å². The second-order valence-electron chi connectivity index (χ2n) is 7.97. The molecule has 2 aromatic rings. The van der Waals surface area contributed by atoms with Gasteiger partial charge < -0.3 is 0 Å². The molecule has 0 bridgehead atoms. The number of benzene rings is 2. The fourth-order valence-electron chi connectivity index (χ4n) is 4.14. The minimum atomic E-state index is -3.64. The molecule has 2 heterocycles. The molecule has 2 amide bonds. The van der Waals surface area contributed by atoms with E-state index in [0.717, 1.165) is 10.5 Å². The summed E-state index contributed by atoms with van der Waals surface area (Å²) < 4.78 is 40.9. The van der Waals surface area contributed by atoms with Gasteiger partial charge in [0.2, 0.25) is 15.9 Å². The maximum absolute atomic E-state index is 13.2. The van der Waals surface area contributed by atoms with Gasteiger partial charge in [-0.15, -0.1) is 0 Å². The highest BCUT2D eigenvalue weighted by Crippen LogP contribution is 2.28. The largest absolute Gasteiger partial charge is 0.289 e. The summed E-state index contributed by atoms with van der Waals surface area (Å²) in [4.78, 5) is 28.6. The molecule has 2 aromatic carbocycles. The van der Waals surface area contributed by atoms with E-state index in [1.807, 2.05) is 17.9 Å². The number of halogens is 1. The van der Waals surface area contributed by atoms with E-state index in [-0.39, 0.29) is 31.3 Å². The van der Waals surface area contributed by atoms with Crippen LogP contribution >= 0.6 is 0 Å². The van der Waals surface area contributed by atoms with Gasteiger partial charge in [0.1, 0.15) is 5.82 Å². The SMILES string of the molecule is Cc1ccc(C)c(S(=O)(=O)N2CCN([C@@H]3CC(=O)N(c4ccc(F)cc4)C3=O)CC2)c1. The Balaban J connectivity index is 1.46. The van der Waals surface area contributed by atoms with Crippen LogP contribution in [0.25, 0.3) is 0 Å². The molecular formula is C22H24FN3O4S. The summed E-state index contributed by atoms with van der Waals surface area (Å²) in [6, 6.07) is 9.94. The molecule has 0 spiro atoms. The molecule has 2 saturated heterocycles. The highest BCUT2D eigenvalue weighted by Gasteiger charge is 2.44. The quantitative estimate of drug-likeness (QED) is 0.674. The van der Waals surface area contributed by atoms with E-state index in [2.05, 4.69) is 0 Å². The van der Waals surface area contributed by atoms with Crippen molar-refractivity contribution in [3.8, 4) is 0 Å². The molecule has 0 radical (unpaired) electrons. The van der Waals surface area contributed by atoms with Crippen molar-refractivity contribution in [1.82, 2.24) is 9.21 Å². The third kappa shape index (κ3) is 4.00. The van der Waals surface area contributed by atoms with Crippen LogP contribution in [-0.2, 0) is 19.6 Å². The van der Waals surface area contributed by atoms with Crippen molar-refractivity contribution in [1.29, 1.82) is 0 Å². The molecule has 0 saturated carbocycles. The standard InChI is InChI=1S/C22H24FN3O4S/c1-15-3-4-16(2)20(13-15)31(29,30)25-11-9-24(10-12-25)19-14-21(27)26(22(19)28)18-7-5-17(23)6-8-18/h3-8,13,19H,9-12,14H2,1-2H3/t19-/m1/s1.